The molecule has 0 N–H and O–H groups in total. The topological polar surface area (TPSA) is 76.2 Å². The molecule has 0 aromatic heterocycles. The molecular weight excluding hydrogens is 348 g/mol. The van der Waals surface area contributed by atoms with Gasteiger partial charge < -0.3 is 9.47 Å². The lowest BCUT2D eigenvalue weighted by Crippen LogP contribution is -2.47. The number of carbonyl (C=O) groups excluding carboxylic acids is 3. The van der Waals surface area contributed by atoms with E-state index in [1.165, 1.54) is 4.90 Å². The van der Waals surface area contributed by atoms with Crippen LogP contribution in [0.25, 0.3) is 0 Å². The summed E-state index contributed by atoms with van der Waals surface area (Å²) in [4.78, 5) is 40.3. The lowest BCUT2D eigenvalue weighted by Gasteiger charge is -2.30. The van der Waals surface area contributed by atoms with Crippen molar-refractivity contribution in [2.24, 2.45) is 0 Å². The van der Waals surface area contributed by atoms with Crippen LogP contribution < -0.4 is 4.90 Å². The van der Waals surface area contributed by atoms with Crippen molar-refractivity contribution in [1.29, 1.82) is 0 Å². The maximum absolute atomic E-state index is 12.8. The van der Waals surface area contributed by atoms with E-state index in [0.717, 1.165) is 18.4 Å². The van der Waals surface area contributed by atoms with Gasteiger partial charge in [0.2, 0.25) is 5.91 Å². The van der Waals surface area contributed by atoms with Crippen molar-refractivity contribution in [2.75, 3.05) is 37.8 Å². The monoisotopic (exact) mass is 374 g/mol. The molecule has 2 amide bonds. The molecular formula is C20H26N2O5. The van der Waals surface area contributed by atoms with Gasteiger partial charge in [0.25, 0.3) is 5.91 Å². The minimum atomic E-state index is -0.408. The molecule has 2 aliphatic heterocycles. The van der Waals surface area contributed by atoms with E-state index in [-0.39, 0.29) is 30.6 Å². The zero-order chi connectivity index (χ0) is 19.2. The molecule has 0 saturated carbocycles. The van der Waals surface area contributed by atoms with Gasteiger partial charge in [-0.2, -0.15) is 0 Å². The van der Waals surface area contributed by atoms with Gasteiger partial charge in [-0.05, 0) is 24.1 Å². The molecule has 7 nitrogen and oxygen atoms in total. The molecule has 0 radical (unpaired) electrons. The summed E-state index contributed by atoms with van der Waals surface area (Å²) < 4.78 is 10.5. The Kier molecular flexibility index (Phi) is 6.58. The molecule has 2 saturated heterocycles. The molecule has 0 unspecified atom stereocenters. The van der Waals surface area contributed by atoms with Crippen LogP contribution in [0.4, 0.5) is 5.69 Å². The number of anilines is 1. The van der Waals surface area contributed by atoms with Crippen LogP contribution in [0.2, 0.25) is 0 Å². The Morgan fingerprint density at radius 2 is 1.89 bits per heavy atom. The van der Waals surface area contributed by atoms with Crippen molar-refractivity contribution in [2.45, 2.75) is 38.6 Å². The predicted molar refractivity (Wildman–Crippen MR) is 99.3 cm³/mol. The van der Waals surface area contributed by atoms with Crippen LogP contribution in [0.15, 0.2) is 24.3 Å². The number of ether oxygens (including phenoxy) is 2. The highest BCUT2D eigenvalue weighted by Crippen LogP contribution is 2.26. The Morgan fingerprint density at radius 1 is 1.19 bits per heavy atom. The second-order valence-electron chi connectivity index (χ2n) is 6.85. The molecule has 0 spiro atoms. The Hall–Kier alpha value is -2.25. The Labute approximate surface area is 159 Å². The molecule has 2 fully saturated rings. The van der Waals surface area contributed by atoms with E-state index in [1.807, 2.05) is 11.8 Å². The molecule has 1 atom stereocenters. The van der Waals surface area contributed by atoms with Gasteiger partial charge in [-0.1, -0.05) is 25.5 Å². The lowest BCUT2D eigenvalue weighted by atomic mass is 10.1. The number of hydrogen-bond donors (Lipinski definition) is 0. The van der Waals surface area contributed by atoms with Gasteiger partial charge >= 0.3 is 5.97 Å². The Morgan fingerprint density at radius 3 is 2.56 bits per heavy atom. The smallest absolute Gasteiger partial charge is 0.310 e. The zero-order valence-electron chi connectivity index (χ0n) is 15.7. The Bertz CT molecular complexity index is 682. The summed E-state index contributed by atoms with van der Waals surface area (Å²) in [6.45, 7) is 4.97. The van der Waals surface area contributed by atoms with Gasteiger partial charge in [0.15, 0.2) is 0 Å². The number of unbranched alkanes of at least 4 members (excludes halogenated alkanes) is 1. The number of nitrogens with zero attached hydrogens (tertiary/aromatic N) is 2. The van der Waals surface area contributed by atoms with Crippen LogP contribution in [0.1, 0.15) is 31.7 Å². The van der Waals surface area contributed by atoms with Crippen LogP contribution in [-0.2, 0) is 30.3 Å². The summed E-state index contributed by atoms with van der Waals surface area (Å²) in [6.07, 6.45) is 2.21. The number of carbonyl (C=O) groups is 3. The molecule has 146 valence electrons. The second-order valence-corrected chi connectivity index (χ2v) is 6.85. The number of rotatable bonds is 7. The number of imide groups is 1. The van der Waals surface area contributed by atoms with Crippen LogP contribution in [0, 0.1) is 0 Å². The molecule has 1 aromatic rings. The van der Waals surface area contributed by atoms with Crippen molar-refractivity contribution < 1.29 is 23.9 Å². The first-order valence-electron chi connectivity index (χ1n) is 9.53. The fraction of sp³-hybridized carbons (Fsp3) is 0.550. The molecule has 7 heteroatoms. The third-order valence-corrected chi connectivity index (χ3v) is 4.91. The fourth-order valence-electron chi connectivity index (χ4n) is 3.37. The maximum atomic E-state index is 12.8. The van der Waals surface area contributed by atoms with Gasteiger partial charge in [-0.3, -0.25) is 19.3 Å². The molecule has 1 aromatic carbocycles. The standard InChI is InChI=1S/C20H26N2O5/c1-2-3-10-27-19(24)13-15-4-6-16(7-5-15)22-18(23)14-17(20(22)25)21-8-11-26-12-9-21/h4-7,17H,2-3,8-14H2,1H3/t17-/m0/s1. The highest BCUT2D eigenvalue weighted by molar-refractivity contribution is 6.22. The minimum absolute atomic E-state index is 0.183. The zero-order valence-corrected chi connectivity index (χ0v) is 15.7. The Balaban J connectivity index is 1.61. The summed E-state index contributed by atoms with van der Waals surface area (Å²) in [6, 6.07) is 6.55. The van der Waals surface area contributed by atoms with Gasteiger partial charge in [0, 0.05) is 13.1 Å². The summed E-state index contributed by atoms with van der Waals surface area (Å²) in [7, 11) is 0. The largest absolute Gasteiger partial charge is 0.465 e. The number of hydrogen-bond acceptors (Lipinski definition) is 6. The average molecular weight is 374 g/mol. The van der Waals surface area contributed by atoms with Crippen LogP contribution in [-0.4, -0.2) is 61.6 Å². The van der Waals surface area contributed by atoms with Gasteiger partial charge in [0.1, 0.15) is 0 Å². The van der Waals surface area contributed by atoms with E-state index in [4.69, 9.17) is 9.47 Å². The molecule has 2 heterocycles. The van der Waals surface area contributed by atoms with E-state index in [1.54, 1.807) is 24.3 Å². The number of morpholine rings is 1. The quantitative estimate of drug-likeness (QED) is 0.409. The third kappa shape index (κ3) is 4.73. The van der Waals surface area contributed by atoms with Crippen LogP contribution >= 0.6 is 0 Å². The highest BCUT2D eigenvalue weighted by Gasteiger charge is 2.42. The number of benzene rings is 1. The van der Waals surface area contributed by atoms with Crippen LogP contribution in [0.5, 0.6) is 0 Å². The average Bonchev–Trinajstić information content (AvgIpc) is 2.98. The van der Waals surface area contributed by atoms with Crippen LogP contribution in [0.3, 0.4) is 0 Å². The summed E-state index contributed by atoms with van der Waals surface area (Å²) in [5.74, 6) is -0.645. The second kappa shape index (κ2) is 9.10. The van der Waals surface area contributed by atoms with Crippen molar-refractivity contribution >= 4 is 23.5 Å². The first-order valence-corrected chi connectivity index (χ1v) is 9.53. The molecule has 0 aliphatic carbocycles. The normalized spacial score (nSPS) is 20.9. The lowest BCUT2D eigenvalue weighted by molar-refractivity contribution is -0.143. The van der Waals surface area contributed by atoms with E-state index in [2.05, 4.69) is 0 Å². The first kappa shape index (κ1) is 19.5. The van der Waals surface area contributed by atoms with Gasteiger partial charge in [0.05, 0.1) is 44.4 Å². The third-order valence-electron chi connectivity index (χ3n) is 4.91. The van der Waals surface area contributed by atoms with Gasteiger partial charge in [-0.15, -0.1) is 0 Å². The fourth-order valence-corrected chi connectivity index (χ4v) is 3.37. The minimum Gasteiger partial charge on any atom is -0.465 e. The van der Waals surface area contributed by atoms with Gasteiger partial charge in [-0.25, -0.2) is 4.90 Å². The number of esters is 1. The van der Waals surface area contributed by atoms with E-state index >= 15 is 0 Å². The predicted octanol–water partition coefficient (Wildman–Crippen LogP) is 1.54. The van der Waals surface area contributed by atoms with Crippen molar-refractivity contribution in [1.82, 2.24) is 4.90 Å². The van der Waals surface area contributed by atoms with E-state index < -0.39 is 6.04 Å². The molecule has 0 bridgehead atoms. The first-order chi connectivity index (χ1) is 13.1. The molecule has 2 aliphatic rings. The molecule has 3 rings (SSSR count). The molecule has 27 heavy (non-hydrogen) atoms. The van der Waals surface area contributed by atoms with Crippen molar-refractivity contribution in [3.05, 3.63) is 29.8 Å². The summed E-state index contributed by atoms with van der Waals surface area (Å²) in [5, 5.41) is 0. The number of amides is 2. The summed E-state index contributed by atoms with van der Waals surface area (Å²) >= 11 is 0. The summed E-state index contributed by atoms with van der Waals surface area (Å²) in [5.41, 5.74) is 1.34. The SMILES string of the molecule is CCCCOC(=O)Cc1ccc(N2C(=O)C[C@H](N3CCOCC3)C2=O)cc1. The maximum Gasteiger partial charge on any atom is 0.310 e. The van der Waals surface area contributed by atoms with Crippen molar-refractivity contribution in [3.8, 4) is 0 Å². The van der Waals surface area contributed by atoms with E-state index in [0.29, 0.717) is 38.6 Å². The van der Waals surface area contributed by atoms with E-state index in [9.17, 15) is 14.4 Å². The van der Waals surface area contributed by atoms with Crippen molar-refractivity contribution in [3.63, 3.8) is 0 Å². The highest BCUT2D eigenvalue weighted by atomic mass is 16.5.